The molecular formula is C17H18N4OS. The summed E-state index contributed by atoms with van der Waals surface area (Å²) < 4.78 is 1.88. The molecule has 0 bridgehead atoms. The van der Waals surface area contributed by atoms with Crippen LogP contribution in [-0.4, -0.2) is 32.4 Å². The molecule has 0 saturated carbocycles. The van der Waals surface area contributed by atoms with E-state index >= 15 is 0 Å². The van der Waals surface area contributed by atoms with Gasteiger partial charge in [0.2, 0.25) is 5.91 Å². The third-order valence-corrected chi connectivity index (χ3v) is 4.84. The molecule has 2 aromatic heterocycles. The number of carbonyl (C=O) groups excluding carboxylic acids is 1. The molecule has 0 radical (unpaired) electrons. The molecule has 6 heteroatoms. The van der Waals surface area contributed by atoms with Crippen molar-refractivity contribution in [3.63, 3.8) is 0 Å². The number of imidazole rings is 1. The number of carbonyl (C=O) groups is 1. The lowest BCUT2D eigenvalue weighted by Gasteiger charge is -2.24. The normalized spacial score (nSPS) is 12.1. The molecule has 1 atom stereocenters. The van der Waals surface area contributed by atoms with Crippen LogP contribution in [0.2, 0.25) is 0 Å². The van der Waals surface area contributed by atoms with Crippen LogP contribution in [0.1, 0.15) is 17.8 Å². The summed E-state index contributed by atoms with van der Waals surface area (Å²) in [6, 6.07) is 9.90. The number of nitrogens with zero attached hydrogens (tertiary/aromatic N) is 4. The van der Waals surface area contributed by atoms with Crippen molar-refractivity contribution in [1.82, 2.24) is 19.4 Å². The summed E-state index contributed by atoms with van der Waals surface area (Å²) in [7, 11) is 1.83. The molecule has 3 rings (SSSR count). The molecule has 0 fully saturated rings. The Labute approximate surface area is 139 Å². The van der Waals surface area contributed by atoms with Gasteiger partial charge in [-0.05, 0) is 6.92 Å². The van der Waals surface area contributed by atoms with Gasteiger partial charge in [0.05, 0.1) is 11.6 Å². The number of hydrogen-bond donors (Lipinski definition) is 0. The maximum absolute atomic E-state index is 12.6. The predicted octanol–water partition coefficient (Wildman–Crippen LogP) is 3.23. The van der Waals surface area contributed by atoms with Crippen LogP contribution in [-0.2, 0) is 11.3 Å². The van der Waals surface area contributed by atoms with Crippen molar-refractivity contribution < 1.29 is 4.79 Å². The van der Waals surface area contributed by atoms with Gasteiger partial charge in [0.1, 0.15) is 12.4 Å². The second-order valence-corrected chi connectivity index (χ2v) is 6.25. The van der Waals surface area contributed by atoms with Gasteiger partial charge in [-0.15, -0.1) is 11.3 Å². The van der Waals surface area contributed by atoms with E-state index in [0.29, 0.717) is 0 Å². The fourth-order valence-electron chi connectivity index (χ4n) is 2.38. The summed E-state index contributed by atoms with van der Waals surface area (Å²) >= 11 is 1.56. The minimum absolute atomic E-state index is 0.0127. The SMILES string of the molecule is C[C@@H](c1cncs1)N(C)C(=O)Cn1ccnc1-c1ccccc1. The van der Waals surface area contributed by atoms with Crippen LogP contribution in [0.5, 0.6) is 0 Å². The zero-order valence-electron chi connectivity index (χ0n) is 13.1. The molecule has 23 heavy (non-hydrogen) atoms. The fourth-order valence-corrected chi connectivity index (χ4v) is 3.10. The van der Waals surface area contributed by atoms with Crippen LogP contribution in [0, 0.1) is 0 Å². The van der Waals surface area contributed by atoms with Crippen molar-refractivity contribution in [3.05, 3.63) is 59.3 Å². The smallest absolute Gasteiger partial charge is 0.242 e. The number of rotatable bonds is 5. The maximum atomic E-state index is 12.6. The Kier molecular flexibility index (Phi) is 4.52. The molecule has 0 aliphatic heterocycles. The Morgan fingerprint density at radius 1 is 1.35 bits per heavy atom. The summed E-state index contributed by atoms with van der Waals surface area (Å²) in [6.07, 6.45) is 5.37. The zero-order chi connectivity index (χ0) is 16.2. The van der Waals surface area contributed by atoms with Crippen LogP contribution in [0.3, 0.4) is 0 Å². The number of hydrogen-bond acceptors (Lipinski definition) is 4. The molecule has 5 nitrogen and oxygen atoms in total. The van der Waals surface area contributed by atoms with E-state index in [4.69, 9.17) is 0 Å². The average molecular weight is 326 g/mol. The fraction of sp³-hybridized carbons (Fsp3) is 0.235. The van der Waals surface area contributed by atoms with Gasteiger partial charge in [0, 0.05) is 36.1 Å². The first-order valence-corrected chi connectivity index (χ1v) is 8.25. The number of thiazole rings is 1. The van der Waals surface area contributed by atoms with Gasteiger partial charge >= 0.3 is 0 Å². The van der Waals surface area contributed by atoms with Crippen molar-refractivity contribution in [3.8, 4) is 11.4 Å². The molecule has 2 heterocycles. The van der Waals surface area contributed by atoms with E-state index in [-0.39, 0.29) is 18.5 Å². The first-order chi connectivity index (χ1) is 11.2. The van der Waals surface area contributed by atoms with Crippen molar-refractivity contribution in [1.29, 1.82) is 0 Å². The second kappa shape index (κ2) is 6.75. The summed E-state index contributed by atoms with van der Waals surface area (Å²) in [6.45, 7) is 2.28. The van der Waals surface area contributed by atoms with E-state index in [9.17, 15) is 4.79 Å². The van der Waals surface area contributed by atoms with E-state index in [1.165, 1.54) is 0 Å². The highest BCUT2D eigenvalue weighted by atomic mass is 32.1. The van der Waals surface area contributed by atoms with E-state index in [1.54, 1.807) is 27.9 Å². The van der Waals surface area contributed by atoms with E-state index in [0.717, 1.165) is 16.3 Å². The molecule has 0 unspecified atom stereocenters. The molecule has 118 valence electrons. The monoisotopic (exact) mass is 326 g/mol. The van der Waals surface area contributed by atoms with Gasteiger partial charge < -0.3 is 9.47 Å². The summed E-state index contributed by atoms with van der Waals surface area (Å²) in [5.41, 5.74) is 2.79. The molecule has 0 N–H and O–H groups in total. The lowest BCUT2D eigenvalue weighted by molar-refractivity contribution is -0.132. The summed E-state index contributed by atoms with van der Waals surface area (Å²) in [5, 5.41) is 0. The quantitative estimate of drug-likeness (QED) is 0.723. The van der Waals surface area contributed by atoms with Crippen LogP contribution < -0.4 is 0 Å². The van der Waals surface area contributed by atoms with E-state index < -0.39 is 0 Å². The van der Waals surface area contributed by atoms with Crippen molar-refractivity contribution in [2.24, 2.45) is 0 Å². The third-order valence-electron chi connectivity index (χ3n) is 3.89. The number of benzene rings is 1. The molecule has 1 aromatic carbocycles. The molecule has 0 saturated heterocycles. The van der Waals surface area contributed by atoms with Crippen LogP contribution in [0.15, 0.2) is 54.4 Å². The van der Waals surface area contributed by atoms with Crippen LogP contribution in [0.4, 0.5) is 0 Å². The largest absolute Gasteiger partial charge is 0.337 e. The van der Waals surface area contributed by atoms with E-state index in [2.05, 4.69) is 9.97 Å². The third kappa shape index (κ3) is 3.32. The number of aromatic nitrogens is 3. The molecule has 0 aliphatic carbocycles. The molecule has 0 spiro atoms. The molecule has 1 amide bonds. The summed E-state index contributed by atoms with van der Waals surface area (Å²) in [5.74, 6) is 0.846. The standard InChI is InChI=1S/C17H18N4OS/c1-13(15-10-18-12-23-15)20(2)16(22)11-21-9-8-19-17(21)14-6-4-3-5-7-14/h3-10,12-13H,11H2,1-2H3/t13-/m0/s1. The zero-order valence-corrected chi connectivity index (χ0v) is 13.9. The Bertz CT molecular complexity index is 767. The Morgan fingerprint density at radius 2 is 2.13 bits per heavy atom. The van der Waals surface area contributed by atoms with Crippen LogP contribution >= 0.6 is 11.3 Å². The van der Waals surface area contributed by atoms with Gasteiger partial charge in [-0.1, -0.05) is 30.3 Å². The van der Waals surface area contributed by atoms with Gasteiger partial charge in [-0.2, -0.15) is 0 Å². The number of likely N-dealkylation sites (N-methyl/N-ethyl adjacent to an activating group) is 1. The van der Waals surface area contributed by atoms with Crippen molar-refractivity contribution in [2.45, 2.75) is 19.5 Å². The minimum atomic E-state index is 0.0127. The molecule has 3 aromatic rings. The first-order valence-electron chi connectivity index (χ1n) is 7.37. The van der Waals surface area contributed by atoms with Gasteiger partial charge in [0.25, 0.3) is 0 Å². The Morgan fingerprint density at radius 3 is 2.83 bits per heavy atom. The average Bonchev–Trinajstić information content (AvgIpc) is 3.26. The maximum Gasteiger partial charge on any atom is 0.242 e. The van der Waals surface area contributed by atoms with Gasteiger partial charge in [-0.3, -0.25) is 9.78 Å². The molecule has 0 aliphatic rings. The van der Waals surface area contributed by atoms with Crippen molar-refractivity contribution >= 4 is 17.2 Å². The van der Waals surface area contributed by atoms with Gasteiger partial charge in [-0.25, -0.2) is 4.98 Å². The van der Waals surface area contributed by atoms with E-state index in [1.807, 2.05) is 61.3 Å². The highest BCUT2D eigenvalue weighted by Crippen LogP contribution is 2.23. The first kappa shape index (κ1) is 15.4. The van der Waals surface area contributed by atoms with Gasteiger partial charge in [0.15, 0.2) is 0 Å². The van der Waals surface area contributed by atoms with Crippen molar-refractivity contribution in [2.75, 3.05) is 7.05 Å². The van der Waals surface area contributed by atoms with Crippen LogP contribution in [0.25, 0.3) is 11.4 Å². The highest BCUT2D eigenvalue weighted by Gasteiger charge is 2.19. The Balaban J connectivity index is 1.75. The topological polar surface area (TPSA) is 51.0 Å². The minimum Gasteiger partial charge on any atom is -0.337 e. The summed E-state index contributed by atoms with van der Waals surface area (Å²) in [4.78, 5) is 23.9. The second-order valence-electron chi connectivity index (χ2n) is 5.33. The lowest BCUT2D eigenvalue weighted by Crippen LogP contribution is -2.32. The predicted molar refractivity (Wildman–Crippen MR) is 91.0 cm³/mol. The highest BCUT2D eigenvalue weighted by molar-refractivity contribution is 7.09. The molecular weight excluding hydrogens is 308 g/mol. The lowest BCUT2D eigenvalue weighted by atomic mass is 10.2. The number of amides is 1. The Hall–Kier alpha value is -2.47.